The number of fused-ring (bicyclic) bond motifs is 1. The van der Waals surface area contributed by atoms with Gasteiger partial charge in [-0.1, -0.05) is 25.8 Å². The SMILES string of the molecule is C=CC1CCC2CCCC(C(C)C(O)CCC(=O)[N+](=C)Cc3ccc(F)cc3)C2CO1. The molecule has 4 nitrogen and oxygen atoms in total. The summed E-state index contributed by atoms with van der Waals surface area (Å²) in [5.41, 5.74) is 0.832. The van der Waals surface area contributed by atoms with E-state index in [2.05, 4.69) is 20.2 Å². The van der Waals surface area contributed by atoms with Crippen molar-refractivity contribution in [3.05, 3.63) is 48.3 Å². The van der Waals surface area contributed by atoms with Gasteiger partial charge < -0.3 is 9.84 Å². The van der Waals surface area contributed by atoms with Crippen LogP contribution in [-0.4, -0.2) is 41.1 Å². The first-order valence-electron chi connectivity index (χ1n) is 11.7. The number of hydrogen-bond donors (Lipinski definition) is 1. The molecule has 1 aromatic carbocycles. The molecule has 170 valence electrons. The van der Waals surface area contributed by atoms with Crippen molar-refractivity contribution in [1.82, 2.24) is 0 Å². The summed E-state index contributed by atoms with van der Waals surface area (Å²) < 4.78 is 20.5. The minimum Gasteiger partial charge on any atom is -0.393 e. The van der Waals surface area contributed by atoms with Crippen molar-refractivity contribution < 1.29 is 23.6 Å². The molecule has 1 N–H and O–H groups in total. The summed E-state index contributed by atoms with van der Waals surface area (Å²) in [7, 11) is 0. The summed E-state index contributed by atoms with van der Waals surface area (Å²) in [6.45, 7) is 10.9. The van der Waals surface area contributed by atoms with Crippen LogP contribution < -0.4 is 0 Å². The Morgan fingerprint density at radius 1 is 1.29 bits per heavy atom. The molecule has 3 rings (SSSR count). The van der Waals surface area contributed by atoms with Crippen molar-refractivity contribution in [2.75, 3.05) is 6.61 Å². The average Bonchev–Trinajstić information content (AvgIpc) is 3.00. The zero-order valence-electron chi connectivity index (χ0n) is 18.7. The van der Waals surface area contributed by atoms with Crippen LogP contribution in [0, 0.1) is 29.5 Å². The quantitative estimate of drug-likeness (QED) is 0.368. The Bertz CT molecular complexity index is 762. The zero-order valence-corrected chi connectivity index (χ0v) is 18.7. The van der Waals surface area contributed by atoms with Crippen LogP contribution in [0.5, 0.6) is 0 Å². The first kappa shape index (κ1) is 23.8. The van der Waals surface area contributed by atoms with Gasteiger partial charge in [-0.3, -0.25) is 0 Å². The summed E-state index contributed by atoms with van der Waals surface area (Å²) in [5, 5.41) is 10.9. The van der Waals surface area contributed by atoms with Crippen molar-refractivity contribution in [1.29, 1.82) is 0 Å². The molecule has 0 bridgehead atoms. The van der Waals surface area contributed by atoms with Gasteiger partial charge in [-0.2, -0.15) is 4.58 Å². The van der Waals surface area contributed by atoms with E-state index in [0.717, 1.165) is 25.0 Å². The fraction of sp³-hybridized carbons (Fsp3) is 0.615. The van der Waals surface area contributed by atoms with Gasteiger partial charge in [0.1, 0.15) is 12.5 Å². The van der Waals surface area contributed by atoms with E-state index in [1.165, 1.54) is 36.0 Å². The van der Waals surface area contributed by atoms with Crippen LogP contribution in [0.15, 0.2) is 36.9 Å². The third kappa shape index (κ3) is 6.33. The van der Waals surface area contributed by atoms with Gasteiger partial charge in [-0.05, 0) is 73.6 Å². The number of amides is 1. The first-order valence-corrected chi connectivity index (χ1v) is 11.7. The Kier molecular flexibility index (Phi) is 8.56. The van der Waals surface area contributed by atoms with Crippen LogP contribution in [0.25, 0.3) is 0 Å². The maximum absolute atomic E-state index is 13.0. The summed E-state index contributed by atoms with van der Waals surface area (Å²) in [5.74, 6) is 1.27. The summed E-state index contributed by atoms with van der Waals surface area (Å²) in [6, 6.07) is 6.07. The number of carbonyl (C=O) groups is 1. The van der Waals surface area contributed by atoms with Crippen molar-refractivity contribution in [2.45, 2.75) is 70.6 Å². The van der Waals surface area contributed by atoms with Crippen LogP contribution in [0.1, 0.15) is 57.4 Å². The Morgan fingerprint density at radius 3 is 2.74 bits per heavy atom. The molecular formula is C26H37FNO3+. The van der Waals surface area contributed by atoms with Crippen molar-refractivity contribution in [2.24, 2.45) is 23.7 Å². The second kappa shape index (κ2) is 11.1. The minimum absolute atomic E-state index is 0.108. The molecule has 6 unspecified atom stereocenters. The predicted molar refractivity (Wildman–Crippen MR) is 120 cm³/mol. The third-order valence-corrected chi connectivity index (χ3v) is 7.43. The van der Waals surface area contributed by atoms with Crippen LogP contribution in [0.3, 0.4) is 0 Å². The van der Waals surface area contributed by atoms with Crippen LogP contribution >= 0.6 is 0 Å². The van der Waals surface area contributed by atoms with Gasteiger partial charge in [-0.25, -0.2) is 9.18 Å². The molecule has 1 amide bonds. The number of halogens is 1. The van der Waals surface area contributed by atoms with Gasteiger partial charge in [0.15, 0.2) is 6.54 Å². The number of carbonyl (C=O) groups excluding carboxylic acids is 1. The van der Waals surface area contributed by atoms with E-state index >= 15 is 0 Å². The fourth-order valence-corrected chi connectivity index (χ4v) is 5.42. The van der Waals surface area contributed by atoms with E-state index < -0.39 is 6.10 Å². The monoisotopic (exact) mass is 430 g/mol. The van der Waals surface area contributed by atoms with E-state index in [9.17, 15) is 14.3 Å². The number of hydrogen-bond acceptors (Lipinski definition) is 3. The summed E-state index contributed by atoms with van der Waals surface area (Å²) in [4.78, 5) is 12.5. The van der Waals surface area contributed by atoms with Gasteiger partial charge in [0.05, 0.1) is 25.2 Å². The highest BCUT2D eigenvalue weighted by molar-refractivity contribution is 5.69. The molecule has 6 atom stereocenters. The normalized spacial score (nSPS) is 28.1. The van der Waals surface area contributed by atoms with Gasteiger partial charge in [-0.15, -0.1) is 6.58 Å². The van der Waals surface area contributed by atoms with Crippen LogP contribution in [-0.2, 0) is 16.1 Å². The molecule has 1 aliphatic carbocycles. The van der Waals surface area contributed by atoms with E-state index in [0.29, 0.717) is 30.7 Å². The van der Waals surface area contributed by atoms with Gasteiger partial charge >= 0.3 is 5.91 Å². The maximum atomic E-state index is 13.0. The first-order chi connectivity index (χ1) is 14.9. The van der Waals surface area contributed by atoms with Gasteiger partial charge in [0, 0.05) is 5.56 Å². The molecule has 0 spiro atoms. The average molecular weight is 431 g/mol. The highest BCUT2D eigenvalue weighted by Gasteiger charge is 2.40. The molecule has 31 heavy (non-hydrogen) atoms. The van der Waals surface area contributed by atoms with Crippen LogP contribution in [0.2, 0.25) is 0 Å². The van der Waals surface area contributed by atoms with Crippen molar-refractivity contribution >= 4 is 12.6 Å². The van der Waals surface area contributed by atoms with Gasteiger partial charge in [0.25, 0.3) is 0 Å². The lowest BCUT2D eigenvalue weighted by molar-refractivity contribution is -0.457. The number of aliphatic hydroxyl groups excluding tert-OH is 1. The molecule has 0 radical (unpaired) electrons. The number of rotatable bonds is 8. The molecule has 0 aromatic heterocycles. The topological polar surface area (TPSA) is 49.5 Å². The van der Waals surface area contributed by atoms with Gasteiger partial charge in [0.2, 0.25) is 0 Å². The van der Waals surface area contributed by atoms with E-state index in [4.69, 9.17) is 4.74 Å². The molecule has 1 aliphatic heterocycles. The minimum atomic E-state index is -0.523. The Hall–Kier alpha value is -1.85. The summed E-state index contributed by atoms with van der Waals surface area (Å²) in [6.07, 6.45) is 7.98. The Labute approximate surface area is 185 Å². The highest BCUT2D eigenvalue weighted by atomic mass is 19.1. The second-order valence-corrected chi connectivity index (χ2v) is 9.39. The van der Waals surface area contributed by atoms with E-state index in [-0.39, 0.29) is 30.2 Å². The Balaban J connectivity index is 1.51. The smallest absolute Gasteiger partial charge is 0.386 e. The second-order valence-electron chi connectivity index (χ2n) is 9.39. The van der Waals surface area contributed by atoms with E-state index in [1.807, 2.05) is 6.08 Å². The lowest BCUT2D eigenvalue weighted by atomic mass is 9.65. The lowest BCUT2D eigenvalue weighted by Crippen LogP contribution is -2.39. The fourth-order valence-electron chi connectivity index (χ4n) is 5.42. The number of aliphatic hydroxyl groups is 1. The van der Waals surface area contributed by atoms with Crippen molar-refractivity contribution in [3.63, 3.8) is 0 Å². The Morgan fingerprint density at radius 2 is 2.03 bits per heavy atom. The number of benzene rings is 1. The molecule has 5 heteroatoms. The van der Waals surface area contributed by atoms with Crippen molar-refractivity contribution in [3.8, 4) is 0 Å². The molecule has 2 aliphatic rings. The molecule has 1 heterocycles. The standard InChI is InChI=1S/C26H37FNO3/c1-4-22-13-10-20-6-5-7-23(24(20)17-31-22)18(2)25(29)14-15-26(30)28(3)16-19-8-11-21(27)12-9-19/h4,8-9,11-12,18,20,22-25,29H,1,3,5-7,10,13-17H2,2H3/q+1. The van der Waals surface area contributed by atoms with E-state index in [1.54, 1.807) is 12.1 Å². The summed E-state index contributed by atoms with van der Waals surface area (Å²) >= 11 is 0. The van der Waals surface area contributed by atoms with Crippen LogP contribution in [0.4, 0.5) is 4.39 Å². The molecule has 1 saturated heterocycles. The number of ether oxygens (including phenoxy) is 1. The number of nitrogens with zero attached hydrogens (tertiary/aromatic N) is 1. The molecule has 2 fully saturated rings. The maximum Gasteiger partial charge on any atom is 0.386 e. The largest absolute Gasteiger partial charge is 0.393 e. The molecule has 1 saturated carbocycles. The zero-order chi connectivity index (χ0) is 22.4. The highest BCUT2D eigenvalue weighted by Crippen LogP contribution is 2.44. The predicted octanol–water partition coefficient (Wildman–Crippen LogP) is 4.74. The lowest BCUT2D eigenvalue weighted by Gasteiger charge is -2.41. The molecule has 1 aromatic rings. The third-order valence-electron chi connectivity index (χ3n) is 7.43. The molecular weight excluding hydrogens is 393 g/mol.